The van der Waals surface area contributed by atoms with Gasteiger partial charge in [0.05, 0.1) is 13.2 Å². The van der Waals surface area contributed by atoms with Gasteiger partial charge in [0.2, 0.25) is 0 Å². The molecule has 0 amide bonds. The first kappa shape index (κ1) is 36.2. The van der Waals surface area contributed by atoms with Gasteiger partial charge in [0.1, 0.15) is 49.5 Å². The van der Waals surface area contributed by atoms with Crippen molar-refractivity contribution in [1.82, 2.24) is 9.55 Å². The zero-order valence-electron chi connectivity index (χ0n) is 28.2. The van der Waals surface area contributed by atoms with E-state index in [1.165, 1.54) is 81.4 Å². The molecule has 3 aliphatic rings. The van der Waals surface area contributed by atoms with Crippen molar-refractivity contribution in [3.63, 3.8) is 0 Å². The molecule has 0 spiro atoms. The van der Waals surface area contributed by atoms with Crippen LogP contribution in [0.2, 0.25) is 0 Å². The standard InChI is InChI=1S/C33H57N3O9/c1-6-7-8-9-10-11-12-13-14-15-16-17-18-21-40-25(22-35-20-19-34-31(35)36(37)38)23-39-24-26-27-28(43-32(2,3)42-27)29-30(41-26)45-33(4,5)44-29/h19-20,25-30H,6-18,21-24H2,1-5H3/t25?,26-,27+,28+,29-,30-/m1/s1. The normalized spacial score (nSPS) is 27.4. The molecule has 0 bridgehead atoms. The maximum atomic E-state index is 11.5. The molecule has 3 aliphatic heterocycles. The van der Waals surface area contributed by atoms with Gasteiger partial charge in [-0.3, -0.25) is 0 Å². The molecular weight excluding hydrogens is 582 g/mol. The van der Waals surface area contributed by atoms with E-state index < -0.39 is 47.2 Å². The minimum Gasteiger partial charge on any atom is -0.390 e. The summed E-state index contributed by atoms with van der Waals surface area (Å²) in [6.45, 7) is 11.0. The summed E-state index contributed by atoms with van der Waals surface area (Å²) in [4.78, 5) is 14.9. The van der Waals surface area contributed by atoms with Gasteiger partial charge in [-0.15, -0.1) is 0 Å². The van der Waals surface area contributed by atoms with E-state index >= 15 is 0 Å². The number of rotatable bonds is 22. The molecule has 45 heavy (non-hydrogen) atoms. The van der Waals surface area contributed by atoms with Gasteiger partial charge in [-0.25, -0.2) is 4.57 Å². The van der Waals surface area contributed by atoms with Gasteiger partial charge in [0, 0.05) is 6.61 Å². The van der Waals surface area contributed by atoms with Crippen LogP contribution in [0.5, 0.6) is 0 Å². The molecule has 1 aromatic heterocycles. The molecule has 1 unspecified atom stereocenters. The Hall–Kier alpha value is -1.67. The number of imidazole rings is 1. The number of unbranched alkanes of at least 4 members (excludes halogenated alkanes) is 12. The van der Waals surface area contributed by atoms with Crippen LogP contribution >= 0.6 is 0 Å². The van der Waals surface area contributed by atoms with Crippen LogP contribution in [0.4, 0.5) is 5.95 Å². The third-order valence-corrected chi connectivity index (χ3v) is 8.70. The van der Waals surface area contributed by atoms with Crippen LogP contribution in [-0.2, 0) is 39.7 Å². The Morgan fingerprint density at radius 3 is 2.09 bits per heavy atom. The highest BCUT2D eigenvalue weighted by Crippen LogP contribution is 2.44. The molecule has 4 heterocycles. The molecule has 0 saturated carbocycles. The lowest BCUT2D eigenvalue weighted by Crippen LogP contribution is -2.56. The van der Waals surface area contributed by atoms with Gasteiger partial charge < -0.3 is 43.3 Å². The largest absolute Gasteiger partial charge is 0.434 e. The Bertz CT molecular complexity index is 1020. The molecule has 0 aromatic carbocycles. The zero-order chi connectivity index (χ0) is 32.3. The van der Waals surface area contributed by atoms with Crippen LogP contribution < -0.4 is 0 Å². The average molecular weight is 640 g/mol. The van der Waals surface area contributed by atoms with Crippen molar-refractivity contribution in [1.29, 1.82) is 0 Å². The number of fused-ring (bicyclic) bond motifs is 3. The summed E-state index contributed by atoms with van der Waals surface area (Å²) in [5, 5.41) is 11.5. The highest BCUT2D eigenvalue weighted by Gasteiger charge is 2.60. The Kier molecular flexibility index (Phi) is 14.0. The van der Waals surface area contributed by atoms with Crippen LogP contribution in [0, 0.1) is 10.1 Å². The molecule has 4 rings (SSSR count). The Balaban J connectivity index is 1.20. The summed E-state index contributed by atoms with van der Waals surface area (Å²) >= 11 is 0. The van der Waals surface area contributed by atoms with Gasteiger partial charge in [-0.05, 0) is 39.0 Å². The van der Waals surface area contributed by atoms with Crippen molar-refractivity contribution in [2.45, 2.75) is 173 Å². The minimum atomic E-state index is -0.794. The van der Waals surface area contributed by atoms with Gasteiger partial charge >= 0.3 is 5.95 Å². The lowest BCUT2D eigenvalue weighted by molar-refractivity contribution is -0.397. The SMILES string of the molecule is CCCCCCCCCCCCCCCOC(COC[C@H]1O[C@@H]2OC(C)(C)O[C@@H]2[C@H]2OC(C)(C)O[C@H]21)Cn1ccnc1[N+](=O)[O-]. The van der Waals surface area contributed by atoms with Crippen LogP contribution in [0.3, 0.4) is 0 Å². The number of ether oxygens (including phenoxy) is 7. The molecule has 0 aliphatic carbocycles. The van der Waals surface area contributed by atoms with Crippen molar-refractivity contribution in [3.8, 4) is 0 Å². The highest BCUT2D eigenvalue weighted by molar-refractivity contribution is 5.06. The summed E-state index contributed by atoms with van der Waals surface area (Å²) in [5.74, 6) is -1.80. The maximum absolute atomic E-state index is 11.5. The third-order valence-electron chi connectivity index (χ3n) is 8.70. The smallest absolute Gasteiger partial charge is 0.390 e. The summed E-state index contributed by atoms with van der Waals surface area (Å²) in [5.41, 5.74) is 0. The summed E-state index contributed by atoms with van der Waals surface area (Å²) in [6, 6.07) is 0. The summed E-state index contributed by atoms with van der Waals surface area (Å²) in [6.07, 6.45) is 17.1. The second-order valence-electron chi connectivity index (χ2n) is 13.6. The van der Waals surface area contributed by atoms with Gasteiger partial charge in [0.15, 0.2) is 17.9 Å². The van der Waals surface area contributed by atoms with Crippen molar-refractivity contribution >= 4 is 5.95 Å². The number of nitrogens with zero attached hydrogens (tertiary/aromatic N) is 3. The quantitative estimate of drug-likeness (QED) is 0.0770. The van der Waals surface area contributed by atoms with Crippen LogP contribution in [0.25, 0.3) is 0 Å². The topological polar surface area (TPSA) is 126 Å². The third kappa shape index (κ3) is 11.2. The van der Waals surface area contributed by atoms with Gasteiger partial charge in [-0.2, -0.15) is 0 Å². The molecule has 0 N–H and O–H groups in total. The van der Waals surface area contributed by atoms with Crippen molar-refractivity contribution < 1.29 is 38.1 Å². The molecule has 3 fully saturated rings. The first-order chi connectivity index (χ1) is 21.6. The van der Waals surface area contributed by atoms with Crippen LogP contribution in [-0.4, -0.2) is 82.7 Å². The predicted octanol–water partition coefficient (Wildman–Crippen LogP) is 6.68. The maximum Gasteiger partial charge on any atom is 0.434 e. The Labute approximate surface area is 268 Å². The zero-order valence-corrected chi connectivity index (χ0v) is 28.2. The van der Waals surface area contributed by atoms with E-state index in [4.69, 9.17) is 33.2 Å². The Morgan fingerprint density at radius 2 is 1.44 bits per heavy atom. The fraction of sp³-hybridized carbons (Fsp3) is 0.909. The van der Waals surface area contributed by atoms with Crippen molar-refractivity contribution in [3.05, 3.63) is 22.5 Å². The molecule has 6 atom stereocenters. The second-order valence-corrected chi connectivity index (χ2v) is 13.6. The lowest BCUT2D eigenvalue weighted by atomic mass is 9.99. The molecular formula is C33H57N3O9. The average Bonchev–Trinajstić information content (AvgIpc) is 3.66. The van der Waals surface area contributed by atoms with E-state index in [2.05, 4.69) is 11.9 Å². The fourth-order valence-corrected chi connectivity index (χ4v) is 6.50. The molecule has 258 valence electrons. The number of nitro groups is 1. The number of hydrogen-bond donors (Lipinski definition) is 0. The highest BCUT2D eigenvalue weighted by atomic mass is 16.9. The number of hydrogen-bond acceptors (Lipinski definition) is 10. The monoisotopic (exact) mass is 639 g/mol. The first-order valence-corrected chi connectivity index (χ1v) is 17.3. The fourth-order valence-electron chi connectivity index (χ4n) is 6.50. The summed E-state index contributed by atoms with van der Waals surface area (Å²) in [7, 11) is 0. The van der Waals surface area contributed by atoms with E-state index in [9.17, 15) is 10.1 Å². The van der Waals surface area contributed by atoms with Gasteiger partial charge in [-0.1, -0.05) is 89.0 Å². The van der Waals surface area contributed by atoms with E-state index in [1.807, 2.05) is 27.7 Å². The predicted molar refractivity (Wildman–Crippen MR) is 168 cm³/mol. The Morgan fingerprint density at radius 1 is 0.867 bits per heavy atom. The molecule has 0 radical (unpaired) electrons. The first-order valence-electron chi connectivity index (χ1n) is 17.3. The molecule has 3 saturated heterocycles. The van der Waals surface area contributed by atoms with Gasteiger partial charge in [0.25, 0.3) is 0 Å². The second kappa shape index (κ2) is 17.5. The van der Waals surface area contributed by atoms with Crippen molar-refractivity contribution in [2.75, 3.05) is 19.8 Å². The van der Waals surface area contributed by atoms with Crippen LogP contribution in [0.1, 0.15) is 118 Å². The van der Waals surface area contributed by atoms with E-state index in [0.29, 0.717) is 6.61 Å². The molecule has 1 aromatic rings. The number of aromatic nitrogens is 2. The van der Waals surface area contributed by atoms with E-state index in [0.717, 1.165) is 12.8 Å². The lowest BCUT2D eigenvalue weighted by Gasteiger charge is -2.37. The van der Waals surface area contributed by atoms with Crippen LogP contribution in [0.15, 0.2) is 12.4 Å². The molecule has 12 nitrogen and oxygen atoms in total. The van der Waals surface area contributed by atoms with E-state index in [1.54, 1.807) is 6.20 Å². The van der Waals surface area contributed by atoms with E-state index in [-0.39, 0.29) is 31.8 Å². The summed E-state index contributed by atoms with van der Waals surface area (Å²) < 4.78 is 44.6. The minimum absolute atomic E-state index is 0.214. The molecule has 12 heteroatoms. The van der Waals surface area contributed by atoms with Crippen molar-refractivity contribution in [2.24, 2.45) is 0 Å².